The summed E-state index contributed by atoms with van der Waals surface area (Å²) in [5, 5.41) is 11.8. The van der Waals surface area contributed by atoms with Crippen LogP contribution >= 0.6 is 0 Å². The summed E-state index contributed by atoms with van der Waals surface area (Å²) in [7, 11) is 0. The predicted octanol–water partition coefficient (Wildman–Crippen LogP) is 4.45. The van der Waals surface area contributed by atoms with E-state index < -0.39 is 4.92 Å². The van der Waals surface area contributed by atoms with Crippen LogP contribution in [0.15, 0.2) is 54.6 Å². The molecule has 3 rings (SSSR count). The van der Waals surface area contributed by atoms with Crippen LogP contribution in [0, 0.1) is 15.9 Å². The monoisotopic (exact) mass is 294 g/mol. The Morgan fingerprint density at radius 2 is 1.77 bits per heavy atom. The number of halogens is 1. The number of nitro benzene ring substituents is 1. The molecule has 1 heterocycles. The number of nitro groups is 1. The number of aromatic nitrogens is 1. The van der Waals surface area contributed by atoms with Crippen molar-refractivity contribution in [3.8, 4) is 0 Å². The Morgan fingerprint density at radius 1 is 1.00 bits per heavy atom. The molecule has 5 heteroatoms. The summed E-state index contributed by atoms with van der Waals surface area (Å²) in [4.78, 5) is 14.9. The van der Waals surface area contributed by atoms with Gasteiger partial charge in [-0.25, -0.2) is 9.37 Å². The van der Waals surface area contributed by atoms with E-state index in [0.29, 0.717) is 16.6 Å². The molecular formula is C17H11FN2O2. The molecule has 0 fully saturated rings. The first-order valence-electron chi connectivity index (χ1n) is 6.61. The van der Waals surface area contributed by atoms with Gasteiger partial charge in [0.25, 0.3) is 5.69 Å². The SMILES string of the molecule is O=[N+]([O-])c1cccc2ccc(C=Cc3ccc(F)cc3)nc12. The van der Waals surface area contributed by atoms with Crippen LogP contribution < -0.4 is 0 Å². The van der Waals surface area contributed by atoms with E-state index >= 15 is 0 Å². The van der Waals surface area contributed by atoms with Gasteiger partial charge in [-0.05, 0) is 29.8 Å². The Morgan fingerprint density at radius 3 is 2.50 bits per heavy atom. The first-order chi connectivity index (χ1) is 10.6. The van der Waals surface area contributed by atoms with E-state index in [1.165, 1.54) is 18.2 Å². The first kappa shape index (κ1) is 13.9. The van der Waals surface area contributed by atoms with Crippen LogP contribution in [-0.4, -0.2) is 9.91 Å². The largest absolute Gasteiger partial charge is 0.295 e. The lowest BCUT2D eigenvalue weighted by molar-refractivity contribution is -0.383. The van der Waals surface area contributed by atoms with E-state index in [0.717, 1.165) is 5.56 Å². The van der Waals surface area contributed by atoms with E-state index in [4.69, 9.17) is 0 Å². The van der Waals surface area contributed by atoms with Gasteiger partial charge in [0.05, 0.1) is 10.6 Å². The van der Waals surface area contributed by atoms with Gasteiger partial charge in [0.2, 0.25) is 0 Å². The highest BCUT2D eigenvalue weighted by molar-refractivity contribution is 5.88. The summed E-state index contributed by atoms with van der Waals surface area (Å²) in [5.41, 5.74) is 1.76. The Labute approximate surface area is 125 Å². The van der Waals surface area contributed by atoms with Crippen molar-refractivity contribution in [3.05, 3.63) is 81.8 Å². The second-order valence-corrected chi connectivity index (χ2v) is 4.73. The Bertz CT molecular complexity index is 873. The number of nitrogens with zero attached hydrogens (tertiary/aromatic N) is 2. The van der Waals surface area contributed by atoms with E-state index in [2.05, 4.69) is 4.98 Å². The third kappa shape index (κ3) is 2.83. The van der Waals surface area contributed by atoms with Crippen LogP contribution in [0.25, 0.3) is 23.1 Å². The normalized spacial score (nSPS) is 11.1. The topological polar surface area (TPSA) is 56.0 Å². The molecule has 0 amide bonds. The molecule has 1 aromatic heterocycles. The molecule has 2 aromatic carbocycles. The molecule has 0 unspecified atom stereocenters. The summed E-state index contributed by atoms with van der Waals surface area (Å²) in [6, 6.07) is 14.5. The summed E-state index contributed by atoms with van der Waals surface area (Å²) in [5.74, 6) is -0.295. The van der Waals surface area contributed by atoms with Crippen molar-refractivity contribution in [1.82, 2.24) is 4.98 Å². The summed E-state index contributed by atoms with van der Waals surface area (Å²) in [6.07, 6.45) is 3.52. The average Bonchev–Trinajstić information content (AvgIpc) is 2.53. The highest BCUT2D eigenvalue weighted by Gasteiger charge is 2.12. The van der Waals surface area contributed by atoms with Crippen LogP contribution in [0.5, 0.6) is 0 Å². The lowest BCUT2D eigenvalue weighted by Crippen LogP contribution is -1.92. The van der Waals surface area contributed by atoms with Gasteiger partial charge in [-0.3, -0.25) is 10.1 Å². The van der Waals surface area contributed by atoms with Crippen LogP contribution in [-0.2, 0) is 0 Å². The second-order valence-electron chi connectivity index (χ2n) is 4.73. The molecule has 4 nitrogen and oxygen atoms in total. The third-order valence-electron chi connectivity index (χ3n) is 3.23. The van der Waals surface area contributed by atoms with Gasteiger partial charge in [-0.15, -0.1) is 0 Å². The number of hydrogen-bond donors (Lipinski definition) is 0. The average molecular weight is 294 g/mol. The number of fused-ring (bicyclic) bond motifs is 1. The molecule has 0 radical (unpaired) electrons. The van der Waals surface area contributed by atoms with Gasteiger partial charge in [-0.2, -0.15) is 0 Å². The van der Waals surface area contributed by atoms with Crippen LogP contribution in [0.4, 0.5) is 10.1 Å². The Balaban J connectivity index is 1.99. The number of pyridine rings is 1. The molecule has 0 atom stereocenters. The van der Waals surface area contributed by atoms with Crippen LogP contribution in [0.1, 0.15) is 11.3 Å². The molecule has 0 aliphatic heterocycles. The number of benzene rings is 2. The molecule has 0 spiro atoms. The van der Waals surface area contributed by atoms with Crippen molar-refractivity contribution >= 4 is 28.7 Å². The minimum Gasteiger partial charge on any atom is -0.258 e. The molecule has 108 valence electrons. The minimum atomic E-state index is -0.442. The van der Waals surface area contributed by atoms with E-state index in [1.54, 1.807) is 48.6 Å². The van der Waals surface area contributed by atoms with Crippen molar-refractivity contribution in [2.45, 2.75) is 0 Å². The molecule has 0 saturated heterocycles. The molecule has 22 heavy (non-hydrogen) atoms. The third-order valence-corrected chi connectivity index (χ3v) is 3.23. The van der Waals surface area contributed by atoms with Gasteiger partial charge >= 0.3 is 0 Å². The quantitative estimate of drug-likeness (QED) is 0.529. The zero-order valence-corrected chi connectivity index (χ0v) is 11.4. The summed E-state index contributed by atoms with van der Waals surface area (Å²) in [6.45, 7) is 0. The summed E-state index contributed by atoms with van der Waals surface area (Å²) < 4.78 is 12.8. The second kappa shape index (κ2) is 5.73. The van der Waals surface area contributed by atoms with E-state index in [-0.39, 0.29) is 11.5 Å². The van der Waals surface area contributed by atoms with Crippen molar-refractivity contribution < 1.29 is 9.31 Å². The maximum atomic E-state index is 12.8. The lowest BCUT2D eigenvalue weighted by atomic mass is 10.1. The van der Waals surface area contributed by atoms with Gasteiger partial charge in [0, 0.05) is 11.5 Å². The lowest BCUT2D eigenvalue weighted by Gasteiger charge is -2.00. The fourth-order valence-electron chi connectivity index (χ4n) is 2.14. The molecular weight excluding hydrogens is 283 g/mol. The molecule has 3 aromatic rings. The fraction of sp³-hybridized carbons (Fsp3) is 0. The molecule has 0 aliphatic rings. The van der Waals surface area contributed by atoms with E-state index in [9.17, 15) is 14.5 Å². The van der Waals surface area contributed by atoms with Crippen molar-refractivity contribution in [2.24, 2.45) is 0 Å². The zero-order chi connectivity index (χ0) is 15.5. The van der Waals surface area contributed by atoms with Crippen LogP contribution in [0.2, 0.25) is 0 Å². The Kier molecular flexibility index (Phi) is 3.62. The van der Waals surface area contributed by atoms with Crippen LogP contribution in [0.3, 0.4) is 0 Å². The maximum Gasteiger partial charge on any atom is 0.295 e. The number of non-ortho nitro benzene ring substituents is 1. The van der Waals surface area contributed by atoms with Gasteiger partial charge in [-0.1, -0.05) is 36.4 Å². The van der Waals surface area contributed by atoms with Gasteiger partial charge in [0.15, 0.2) is 0 Å². The maximum absolute atomic E-state index is 12.8. The molecule has 0 saturated carbocycles. The number of hydrogen-bond acceptors (Lipinski definition) is 3. The van der Waals surface area contributed by atoms with E-state index in [1.807, 2.05) is 0 Å². The predicted molar refractivity (Wildman–Crippen MR) is 83.7 cm³/mol. The van der Waals surface area contributed by atoms with Crippen molar-refractivity contribution in [2.75, 3.05) is 0 Å². The molecule has 0 N–H and O–H groups in total. The standard InChI is InChI=1S/C17H11FN2O2/c18-14-8-4-12(5-9-14)6-10-15-11-7-13-2-1-3-16(20(21)22)17(13)19-15/h1-11H. The molecule has 0 bridgehead atoms. The highest BCUT2D eigenvalue weighted by Crippen LogP contribution is 2.24. The number of rotatable bonds is 3. The zero-order valence-electron chi connectivity index (χ0n) is 11.4. The summed E-state index contributed by atoms with van der Waals surface area (Å²) >= 11 is 0. The first-order valence-corrected chi connectivity index (χ1v) is 6.61. The highest BCUT2D eigenvalue weighted by atomic mass is 19.1. The smallest absolute Gasteiger partial charge is 0.258 e. The Hall–Kier alpha value is -3.08. The fourth-order valence-corrected chi connectivity index (χ4v) is 2.14. The molecule has 0 aliphatic carbocycles. The van der Waals surface area contributed by atoms with Crippen molar-refractivity contribution in [1.29, 1.82) is 0 Å². The van der Waals surface area contributed by atoms with Gasteiger partial charge < -0.3 is 0 Å². The van der Waals surface area contributed by atoms with Gasteiger partial charge in [0.1, 0.15) is 11.3 Å². The minimum absolute atomic E-state index is 0.0190. The van der Waals surface area contributed by atoms with Crippen molar-refractivity contribution in [3.63, 3.8) is 0 Å². The number of para-hydroxylation sites is 1.